The van der Waals surface area contributed by atoms with E-state index < -0.39 is 6.29 Å². The van der Waals surface area contributed by atoms with Crippen LogP contribution in [0.1, 0.15) is 41.5 Å². The van der Waals surface area contributed by atoms with Crippen LogP contribution in [0.3, 0.4) is 0 Å². The molecular weight excluding hydrogens is 152 g/mol. The number of rotatable bonds is 3. The number of aliphatic hydroxyl groups excluding tert-OH is 1. The summed E-state index contributed by atoms with van der Waals surface area (Å²) in [7, 11) is 0. The second-order valence-electron chi connectivity index (χ2n) is 4.73. The molecule has 0 unspecified atom stereocenters. The minimum Gasteiger partial charge on any atom is -0.368 e. The van der Waals surface area contributed by atoms with E-state index >= 15 is 0 Å². The standard InChI is InChI=1S/C10H22O2/c1-7(2)12-9(11)8(3)10(4,5)6/h7-9,11H,1-6H3/t8-,9+/m0/s1. The zero-order chi connectivity index (χ0) is 9.94. The fourth-order valence-electron chi connectivity index (χ4n) is 0.824. The van der Waals surface area contributed by atoms with Crippen LogP contribution in [0.4, 0.5) is 0 Å². The quantitative estimate of drug-likeness (QED) is 0.666. The van der Waals surface area contributed by atoms with Gasteiger partial charge in [-0.15, -0.1) is 0 Å². The van der Waals surface area contributed by atoms with E-state index in [1.54, 1.807) is 0 Å². The van der Waals surface area contributed by atoms with Crippen molar-refractivity contribution in [3.05, 3.63) is 0 Å². The maximum absolute atomic E-state index is 9.60. The van der Waals surface area contributed by atoms with Gasteiger partial charge < -0.3 is 9.84 Å². The predicted octanol–water partition coefficient (Wildman–Crippen LogP) is 2.41. The second-order valence-corrected chi connectivity index (χ2v) is 4.73. The van der Waals surface area contributed by atoms with Gasteiger partial charge in [-0.1, -0.05) is 27.7 Å². The van der Waals surface area contributed by atoms with Gasteiger partial charge in [-0.2, -0.15) is 0 Å². The number of aliphatic hydroxyl groups is 1. The molecule has 74 valence electrons. The van der Waals surface area contributed by atoms with Crippen LogP contribution >= 0.6 is 0 Å². The molecule has 2 atom stereocenters. The summed E-state index contributed by atoms with van der Waals surface area (Å²) >= 11 is 0. The highest BCUT2D eigenvalue weighted by Crippen LogP contribution is 2.28. The Labute approximate surface area is 75.9 Å². The minimum absolute atomic E-state index is 0.0878. The molecule has 1 N–H and O–H groups in total. The summed E-state index contributed by atoms with van der Waals surface area (Å²) < 4.78 is 5.29. The lowest BCUT2D eigenvalue weighted by Crippen LogP contribution is -2.33. The summed E-state index contributed by atoms with van der Waals surface area (Å²) in [6.45, 7) is 12.2. The Balaban J connectivity index is 4.01. The number of hydrogen-bond acceptors (Lipinski definition) is 2. The van der Waals surface area contributed by atoms with Crippen LogP contribution in [-0.2, 0) is 4.74 Å². The van der Waals surface area contributed by atoms with Crippen molar-refractivity contribution < 1.29 is 9.84 Å². The Morgan fingerprint density at radius 1 is 1.08 bits per heavy atom. The van der Waals surface area contributed by atoms with Gasteiger partial charge in [0, 0.05) is 5.92 Å². The molecule has 0 amide bonds. The highest BCUT2D eigenvalue weighted by molar-refractivity contribution is 4.72. The number of hydrogen-bond donors (Lipinski definition) is 1. The minimum atomic E-state index is -0.648. The third-order valence-electron chi connectivity index (χ3n) is 2.21. The van der Waals surface area contributed by atoms with Crippen molar-refractivity contribution in [2.75, 3.05) is 0 Å². The van der Waals surface area contributed by atoms with E-state index in [1.165, 1.54) is 0 Å². The highest BCUT2D eigenvalue weighted by Gasteiger charge is 2.27. The van der Waals surface area contributed by atoms with Gasteiger partial charge in [0.25, 0.3) is 0 Å². The Morgan fingerprint density at radius 2 is 1.50 bits per heavy atom. The molecule has 0 aliphatic heterocycles. The topological polar surface area (TPSA) is 29.5 Å². The van der Waals surface area contributed by atoms with Crippen molar-refractivity contribution in [1.82, 2.24) is 0 Å². The molecule has 0 saturated heterocycles. The average Bonchev–Trinajstić information content (AvgIpc) is 1.82. The molecule has 0 aliphatic rings. The molecule has 0 rings (SSSR count). The molecule has 0 radical (unpaired) electrons. The summed E-state index contributed by atoms with van der Waals surface area (Å²) in [5, 5.41) is 9.60. The summed E-state index contributed by atoms with van der Waals surface area (Å²) in [4.78, 5) is 0. The van der Waals surface area contributed by atoms with Crippen molar-refractivity contribution in [3.8, 4) is 0 Å². The highest BCUT2D eigenvalue weighted by atomic mass is 16.6. The molecule has 0 fully saturated rings. The van der Waals surface area contributed by atoms with Crippen LogP contribution in [-0.4, -0.2) is 17.5 Å². The first-order chi connectivity index (χ1) is 5.25. The second kappa shape index (κ2) is 4.24. The zero-order valence-electron chi connectivity index (χ0n) is 9.09. The lowest BCUT2D eigenvalue weighted by Gasteiger charge is -2.32. The van der Waals surface area contributed by atoms with Gasteiger partial charge in [0.15, 0.2) is 6.29 Å². The largest absolute Gasteiger partial charge is 0.368 e. The monoisotopic (exact) mass is 174 g/mol. The first kappa shape index (κ1) is 11.9. The Bertz CT molecular complexity index is 124. The van der Waals surface area contributed by atoms with Gasteiger partial charge in [-0.3, -0.25) is 0 Å². The summed E-state index contributed by atoms with van der Waals surface area (Å²) in [5.41, 5.74) is 0.0916. The third kappa shape index (κ3) is 4.07. The van der Waals surface area contributed by atoms with Crippen molar-refractivity contribution in [3.63, 3.8) is 0 Å². The molecule has 0 aromatic carbocycles. The zero-order valence-corrected chi connectivity index (χ0v) is 9.09. The first-order valence-electron chi connectivity index (χ1n) is 4.58. The molecule has 0 aromatic rings. The van der Waals surface area contributed by atoms with Crippen LogP contribution in [0.25, 0.3) is 0 Å². The molecule has 12 heavy (non-hydrogen) atoms. The SMILES string of the molecule is CC(C)O[C@@H](O)[C@H](C)C(C)(C)C. The van der Waals surface area contributed by atoms with Crippen LogP contribution in [0.15, 0.2) is 0 Å². The van der Waals surface area contributed by atoms with Gasteiger partial charge >= 0.3 is 0 Å². The molecule has 0 bridgehead atoms. The molecular formula is C10H22O2. The molecule has 0 aliphatic carbocycles. The maximum atomic E-state index is 9.60. The van der Waals surface area contributed by atoms with E-state index in [9.17, 15) is 5.11 Å². The van der Waals surface area contributed by atoms with E-state index in [0.29, 0.717) is 0 Å². The smallest absolute Gasteiger partial charge is 0.157 e. The first-order valence-corrected chi connectivity index (χ1v) is 4.58. The Morgan fingerprint density at radius 3 is 1.75 bits per heavy atom. The van der Waals surface area contributed by atoms with Crippen LogP contribution in [0.5, 0.6) is 0 Å². The van der Waals surface area contributed by atoms with Crippen LogP contribution in [0.2, 0.25) is 0 Å². The summed E-state index contributed by atoms with van der Waals surface area (Å²) in [6, 6.07) is 0. The Hall–Kier alpha value is -0.0800. The molecule has 0 spiro atoms. The van der Waals surface area contributed by atoms with E-state index in [0.717, 1.165) is 0 Å². The van der Waals surface area contributed by atoms with E-state index in [2.05, 4.69) is 20.8 Å². The summed E-state index contributed by atoms with van der Waals surface area (Å²) in [6.07, 6.45) is -0.560. The van der Waals surface area contributed by atoms with Crippen LogP contribution < -0.4 is 0 Å². The van der Waals surface area contributed by atoms with Crippen molar-refractivity contribution in [1.29, 1.82) is 0 Å². The van der Waals surface area contributed by atoms with Crippen LogP contribution in [0, 0.1) is 11.3 Å². The fraction of sp³-hybridized carbons (Fsp3) is 1.00. The van der Waals surface area contributed by atoms with E-state index in [4.69, 9.17) is 4.74 Å². The third-order valence-corrected chi connectivity index (χ3v) is 2.21. The van der Waals surface area contributed by atoms with Gasteiger partial charge in [-0.05, 0) is 19.3 Å². The van der Waals surface area contributed by atoms with E-state index in [-0.39, 0.29) is 17.4 Å². The molecule has 0 saturated carbocycles. The lowest BCUT2D eigenvalue weighted by molar-refractivity contribution is -0.172. The van der Waals surface area contributed by atoms with E-state index in [1.807, 2.05) is 20.8 Å². The van der Waals surface area contributed by atoms with Crippen molar-refractivity contribution in [2.45, 2.75) is 53.9 Å². The maximum Gasteiger partial charge on any atom is 0.157 e. The van der Waals surface area contributed by atoms with Crippen molar-refractivity contribution >= 4 is 0 Å². The summed E-state index contributed by atoms with van der Waals surface area (Å²) in [5.74, 6) is 0.153. The van der Waals surface area contributed by atoms with Gasteiger partial charge in [0.05, 0.1) is 6.10 Å². The van der Waals surface area contributed by atoms with Gasteiger partial charge in [0.1, 0.15) is 0 Å². The Kier molecular flexibility index (Phi) is 4.21. The molecule has 0 heterocycles. The number of ether oxygens (including phenoxy) is 1. The normalized spacial score (nSPS) is 18.0. The fourth-order valence-corrected chi connectivity index (χ4v) is 0.824. The molecule has 0 aromatic heterocycles. The molecule has 2 heteroatoms. The van der Waals surface area contributed by atoms with Gasteiger partial charge in [-0.25, -0.2) is 0 Å². The lowest BCUT2D eigenvalue weighted by atomic mass is 9.81. The average molecular weight is 174 g/mol. The van der Waals surface area contributed by atoms with Gasteiger partial charge in [0.2, 0.25) is 0 Å². The predicted molar refractivity (Wildman–Crippen MR) is 50.8 cm³/mol. The molecule has 2 nitrogen and oxygen atoms in total. The van der Waals surface area contributed by atoms with Crippen molar-refractivity contribution in [2.24, 2.45) is 11.3 Å².